The summed E-state index contributed by atoms with van der Waals surface area (Å²) in [6.45, 7) is 0.694. The molecule has 0 atom stereocenters. The van der Waals surface area contributed by atoms with Crippen LogP contribution in [0.3, 0.4) is 0 Å². The molecule has 146 valence electrons. The maximum absolute atomic E-state index is 12.6. The predicted octanol–water partition coefficient (Wildman–Crippen LogP) is 2.09. The second-order valence-corrected chi connectivity index (χ2v) is 6.48. The lowest BCUT2D eigenvalue weighted by Crippen LogP contribution is -2.57. The number of nitrogens with zero attached hydrogens (tertiary/aromatic N) is 3. The summed E-state index contributed by atoms with van der Waals surface area (Å²) in [4.78, 5) is 26.6. The quantitative estimate of drug-likeness (QED) is 0.876. The van der Waals surface area contributed by atoms with Crippen LogP contribution in [0, 0.1) is 6.92 Å². The molecule has 1 N–H and O–H groups in total. The molecule has 2 aromatic rings. The molecular formula is C17H19F3N4O3. The van der Waals surface area contributed by atoms with E-state index < -0.39 is 24.2 Å². The molecule has 10 heteroatoms. The van der Waals surface area contributed by atoms with E-state index in [1.54, 1.807) is 31.3 Å². The maximum atomic E-state index is 12.6. The van der Waals surface area contributed by atoms with E-state index in [9.17, 15) is 22.8 Å². The number of hydrogen-bond acceptors (Lipinski definition) is 4. The van der Waals surface area contributed by atoms with Gasteiger partial charge < -0.3 is 14.6 Å². The highest BCUT2D eigenvalue weighted by Gasteiger charge is 2.45. The molecule has 27 heavy (non-hydrogen) atoms. The smallest absolute Gasteiger partial charge is 0.405 e. The van der Waals surface area contributed by atoms with Crippen molar-refractivity contribution in [2.45, 2.75) is 31.5 Å². The van der Waals surface area contributed by atoms with Gasteiger partial charge in [0.1, 0.15) is 17.8 Å². The summed E-state index contributed by atoms with van der Waals surface area (Å²) in [7, 11) is 0. The third-order valence-corrected chi connectivity index (χ3v) is 4.64. The van der Waals surface area contributed by atoms with Gasteiger partial charge in [0, 0.05) is 25.5 Å². The van der Waals surface area contributed by atoms with Crippen LogP contribution in [0.25, 0.3) is 0 Å². The minimum Gasteiger partial charge on any atom is -0.456 e. The number of amides is 2. The molecule has 3 rings (SSSR count). The molecule has 0 aliphatic carbocycles. The van der Waals surface area contributed by atoms with Crippen molar-refractivity contribution >= 4 is 11.8 Å². The summed E-state index contributed by atoms with van der Waals surface area (Å²) in [5.41, 5.74) is -1.27. The SMILES string of the molecule is Cc1ccc(C(=O)N2CCC(C(=O)NCC(F)(F)F)(n3cccn3)CC2)o1. The highest BCUT2D eigenvalue weighted by molar-refractivity contribution is 5.92. The fourth-order valence-corrected chi connectivity index (χ4v) is 3.21. The Morgan fingerprint density at radius 2 is 2.00 bits per heavy atom. The van der Waals surface area contributed by atoms with Gasteiger partial charge in [0.05, 0.1) is 0 Å². The molecule has 2 amide bonds. The predicted molar refractivity (Wildman–Crippen MR) is 87.8 cm³/mol. The summed E-state index contributed by atoms with van der Waals surface area (Å²) in [5, 5.41) is 6.02. The van der Waals surface area contributed by atoms with E-state index in [1.165, 1.54) is 15.8 Å². The van der Waals surface area contributed by atoms with Crippen LogP contribution in [0.15, 0.2) is 35.0 Å². The molecule has 1 aliphatic heterocycles. The van der Waals surface area contributed by atoms with E-state index in [4.69, 9.17) is 4.42 Å². The maximum Gasteiger partial charge on any atom is 0.405 e. The Hall–Kier alpha value is -2.78. The monoisotopic (exact) mass is 384 g/mol. The molecule has 0 radical (unpaired) electrons. The standard InChI is InChI=1S/C17H19F3N4O3/c1-12-3-4-13(27-12)14(25)23-9-5-16(6-10-23,24-8-2-7-22-24)15(26)21-11-17(18,19)20/h2-4,7-8H,5-6,9-11H2,1H3,(H,21,26). The van der Waals surface area contributed by atoms with Gasteiger partial charge in [-0.15, -0.1) is 0 Å². The molecule has 0 aromatic carbocycles. The minimum absolute atomic E-state index is 0.143. The zero-order chi connectivity index (χ0) is 19.7. The number of nitrogens with one attached hydrogen (secondary N) is 1. The number of rotatable bonds is 4. The first-order valence-electron chi connectivity index (χ1n) is 8.42. The van der Waals surface area contributed by atoms with Crippen molar-refractivity contribution in [3.8, 4) is 0 Å². The fourth-order valence-electron chi connectivity index (χ4n) is 3.21. The van der Waals surface area contributed by atoms with Crippen LogP contribution in [-0.2, 0) is 10.3 Å². The van der Waals surface area contributed by atoms with Crippen molar-refractivity contribution in [3.05, 3.63) is 42.1 Å². The van der Waals surface area contributed by atoms with E-state index in [2.05, 4.69) is 5.10 Å². The van der Waals surface area contributed by atoms with E-state index in [1.807, 2.05) is 5.32 Å². The number of alkyl halides is 3. The Kier molecular flexibility index (Phi) is 4.99. The number of carbonyl (C=O) groups excluding carboxylic acids is 2. The van der Waals surface area contributed by atoms with Gasteiger partial charge in [-0.05, 0) is 38.0 Å². The number of likely N-dealkylation sites (tertiary alicyclic amines) is 1. The third kappa shape index (κ3) is 3.99. The largest absolute Gasteiger partial charge is 0.456 e. The molecule has 1 aliphatic rings. The average Bonchev–Trinajstić information content (AvgIpc) is 3.30. The molecule has 2 aromatic heterocycles. The van der Waals surface area contributed by atoms with Crippen LogP contribution >= 0.6 is 0 Å². The normalized spacial score (nSPS) is 17.0. The lowest BCUT2D eigenvalue weighted by molar-refractivity contribution is -0.146. The number of hydrogen-bond donors (Lipinski definition) is 1. The molecule has 1 saturated heterocycles. The first-order valence-corrected chi connectivity index (χ1v) is 8.42. The zero-order valence-corrected chi connectivity index (χ0v) is 14.6. The van der Waals surface area contributed by atoms with E-state index in [0.717, 1.165) is 0 Å². The number of piperidine rings is 1. The summed E-state index contributed by atoms with van der Waals surface area (Å²) in [6, 6.07) is 4.85. The fraction of sp³-hybridized carbons (Fsp3) is 0.471. The van der Waals surface area contributed by atoms with Crippen LogP contribution < -0.4 is 5.32 Å². The Balaban J connectivity index is 1.75. The second kappa shape index (κ2) is 7.09. The van der Waals surface area contributed by atoms with Crippen LogP contribution in [0.2, 0.25) is 0 Å². The Labute approximate surface area is 153 Å². The first-order chi connectivity index (χ1) is 12.7. The van der Waals surface area contributed by atoms with Crippen LogP contribution in [0.4, 0.5) is 13.2 Å². The van der Waals surface area contributed by atoms with Crippen molar-refractivity contribution < 1.29 is 27.2 Å². The highest BCUT2D eigenvalue weighted by Crippen LogP contribution is 2.31. The molecule has 0 saturated carbocycles. The van der Waals surface area contributed by atoms with Crippen molar-refractivity contribution in [3.63, 3.8) is 0 Å². The van der Waals surface area contributed by atoms with Gasteiger partial charge >= 0.3 is 6.18 Å². The Morgan fingerprint density at radius 3 is 2.52 bits per heavy atom. The molecular weight excluding hydrogens is 365 g/mol. The lowest BCUT2D eigenvalue weighted by Gasteiger charge is -2.40. The third-order valence-electron chi connectivity index (χ3n) is 4.64. The van der Waals surface area contributed by atoms with Crippen LogP contribution in [-0.4, -0.2) is 52.3 Å². The van der Waals surface area contributed by atoms with Gasteiger partial charge in [0.15, 0.2) is 5.76 Å². The molecule has 0 unspecified atom stereocenters. The van der Waals surface area contributed by atoms with Gasteiger partial charge in [0.2, 0.25) is 5.91 Å². The summed E-state index contributed by atoms with van der Waals surface area (Å²) < 4.78 is 44.2. The van der Waals surface area contributed by atoms with Gasteiger partial charge in [-0.3, -0.25) is 14.3 Å². The van der Waals surface area contributed by atoms with E-state index >= 15 is 0 Å². The van der Waals surface area contributed by atoms with Crippen LogP contribution in [0.1, 0.15) is 29.2 Å². The average molecular weight is 384 g/mol. The Bertz CT molecular complexity index is 806. The lowest BCUT2D eigenvalue weighted by atomic mass is 9.86. The first kappa shape index (κ1) is 19.0. The summed E-state index contributed by atoms with van der Waals surface area (Å²) in [5.74, 6) is -0.272. The van der Waals surface area contributed by atoms with Crippen molar-refractivity contribution in [1.29, 1.82) is 0 Å². The van der Waals surface area contributed by atoms with Crippen molar-refractivity contribution in [2.75, 3.05) is 19.6 Å². The van der Waals surface area contributed by atoms with Gasteiger partial charge in [0.25, 0.3) is 5.91 Å². The zero-order valence-electron chi connectivity index (χ0n) is 14.6. The highest BCUT2D eigenvalue weighted by atomic mass is 19.4. The van der Waals surface area contributed by atoms with Gasteiger partial charge in [-0.1, -0.05) is 0 Å². The number of carbonyl (C=O) groups is 2. The molecule has 0 spiro atoms. The number of aromatic nitrogens is 2. The van der Waals surface area contributed by atoms with Crippen molar-refractivity contribution in [2.24, 2.45) is 0 Å². The topological polar surface area (TPSA) is 80.4 Å². The second-order valence-electron chi connectivity index (χ2n) is 6.48. The minimum atomic E-state index is -4.51. The molecule has 1 fully saturated rings. The molecule has 0 bridgehead atoms. The van der Waals surface area contributed by atoms with Crippen LogP contribution in [0.5, 0.6) is 0 Å². The molecule has 7 nitrogen and oxygen atoms in total. The Morgan fingerprint density at radius 1 is 1.30 bits per heavy atom. The van der Waals surface area contributed by atoms with E-state index in [-0.39, 0.29) is 37.6 Å². The number of halogens is 3. The molecule has 3 heterocycles. The van der Waals surface area contributed by atoms with Gasteiger partial charge in [-0.25, -0.2) is 0 Å². The van der Waals surface area contributed by atoms with E-state index in [0.29, 0.717) is 5.76 Å². The summed E-state index contributed by atoms with van der Waals surface area (Å²) >= 11 is 0. The van der Waals surface area contributed by atoms with Crippen molar-refractivity contribution in [1.82, 2.24) is 20.0 Å². The number of aryl methyl sites for hydroxylation is 1. The number of furan rings is 1. The van der Waals surface area contributed by atoms with Gasteiger partial charge in [-0.2, -0.15) is 18.3 Å². The summed E-state index contributed by atoms with van der Waals surface area (Å²) in [6.07, 6.45) is -1.22.